The fourth-order valence-corrected chi connectivity index (χ4v) is 1.85. The summed E-state index contributed by atoms with van der Waals surface area (Å²) in [6.45, 7) is 3.73. The Morgan fingerprint density at radius 2 is 1.65 bits per heavy atom. The standard InChI is InChI=1S/C15H15F2NO2/c1-9(2)20-14-5-11(7-18-8-14)15(19)10-3-12(16)6-13(17)4-10/h3-9,15,19H,1-2H3. The number of halogens is 2. The van der Waals surface area contributed by atoms with Crippen LogP contribution in [0.25, 0.3) is 0 Å². The highest BCUT2D eigenvalue weighted by molar-refractivity contribution is 5.33. The zero-order valence-corrected chi connectivity index (χ0v) is 11.2. The van der Waals surface area contributed by atoms with E-state index in [4.69, 9.17) is 4.74 Å². The molecule has 2 aromatic rings. The van der Waals surface area contributed by atoms with Gasteiger partial charge in [-0.25, -0.2) is 8.78 Å². The maximum absolute atomic E-state index is 13.2. The van der Waals surface area contributed by atoms with Crippen LogP contribution in [0.2, 0.25) is 0 Å². The molecule has 0 fully saturated rings. The molecule has 0 saturated carbocycles. The normalized spacial score (nSPS) is 12.5. The fourth-order valence-electron chi connectivity index (χ4n) is 1.85. The Hall–Kier alpha value is -2.01. The third-order valence-electron chi connectivity index (χ3n) is 2.62. The van der Waals surface area contributed by atoms with E-state index in [1.165, 1.54) is 12.4 Å². The second kappa shape index (κ2) is 5.96. The number of ether oxygens (including phenoxy) is 1. The van der Waals surface area contributed by atoms with E-state index in [-0.39, 0.29) is 11.7 Å². The van der Waals surface area contributed by atoms with Gasteiger partial charge < -0.3 is 9.84 Å². The number of rotatable bonds is 4. The van der Waals surface area contributed by atoms with E-state index >= 15 is 0 Å². The van der Waals surface area contributed by atoms with E-state index in [0.717, 1.165) is 18.2 Å². The Kier molecular flexibility index (Phi) is 4.29. The smallest absolute Gasteiger partial charge is 0.138 e. The van der Waals surface area contributed by atoms with E-state index in [1.54, 1.807) is 6.07 Å². The molecule has 106 valence electrons. The molecule has 1 heterocycles. The summed E-state index contributed by atoms with van der Waals surface area (Å²) in [5.41, 5.74) is 0.541. The van der Waals surface area contributed by atoms with Crippen LogP contribution in [0.15, 0.2) is 36.7 Å². The SMILES string of the molecule is CC(C)Oc1cncc(C(O)c2cc(F)cc(F)c2)c1. The van der Waals surface area contributed by atoms with Gasteiger partial charge in [-0.15, -0.1) is 0 Å². The molecule has 1 N–H and O–H groups in total. The number of nitrogens with zero attached hydrogens (tertiary/aromatic N) is 1. The minimum atomic E-state index is -1.16. The average Bonchev–Trinajstić information content (AvgIpc) is 2.36. The maximum atomic E-state index is 13.2. The molecule has 0 amide bonds. The first kappa shape index (κ1) is 14.4. The molecule has 0 saturated heterocycles. The van der Waals surface area contributed by atoms with Gasteiger partial charge in [0, 0.05) is 17.8 Å². The summed E-state index contributed by atoms with van der Waals surface area (Å²) < 4.78 is 31.8. The Morgan fingerprint density at radius 3 is 2.25 bits per heavy atom. The molecule has 20 heavy (non-hydrogen) atoms. The third kappa shape index (κ3) is 3.51. The second-order valence-corrected chi connectivity index (χ2v) is 4.73. The van der Waals surface area contributed by atoms with Gasteiger partial charge in [-0.2, -0.15) is 0 Å². The Bertz CT molecular complexity index is 582. The highest BCUT2D eigenvalue weighted by Crippen LogP contribution is 2.25. The largest absolute Gasteiger partial charge is 0.489 e. The average molecular weight is 279 g/mol. The number of hydrogen-bond acceptors (Lipinski definition) is 3. The van der Waals surface area contributed by atoms with E-state index in [1.807, 2.05) is 13.8 Å². The van der Waals surface area contributed by atoms with Gasteiger partial charge in [0.05, 0.1) is 12.3 Å². The van der Waals surface area contributed by atoms with E-state index in [2.05, 4.69) is 4.98 Å². The summed E-state index contributed by atoms with van der Waals surface area (Å²) in [6, 6.07) is 4.53. The number of aliphatic hydroxyl groups is 1. The van der Waals surface area contributed by atoms with Crippen molar-refractivity contribution in [3.8, 4) is 5.75 Å². The topological polar surface area (TPSA) is 42.4 Å². The second-order valence-electron chi connectivity index (χ2n) is 4.73. The molecule has 1 atom stereocenters. The van der Waals surface area contributed by atoms with Crippen LogP contribution in [-0.4, -0.2) is 16.2 Å². The summed E-state index contributed by atoms with van der Waals surface area (Å²) in [4.78, 5) is 3.96. The van der Waals surface area contributed by atoms with Crippen molar-refractivity contribution in [2.24, 2.45) is 0 Å². The van der Waals surface area contributed by atoms with Gasteiger partial charge >= 0.3 is 0 Å². The van der Waals surface area contributed by atoms with Crippen molar-refractivity contribution in [3.63, 3.8) is 0 Å². The molecular weight excluding hydrogens is 264 g/mol. The first-order chi connectivity index (χ1) is 9.45. The van der Waals surface area contributed by atoms with Gasteiger partial charge in [0.15, 0.2) is 0 Å². The third-order valence-corrected chi connectivity index (χ3v) is 2.62. The predicted octanol–water partition coefficient (Wildman–Crippen LogP) is 3.23. The molecule has 0 radical (unpaired) electrons. The Labute approximate surface area is 115 Å². The number of aliphatic hydroxyl groups excluding tert-OH is 1. The van der Waals surface area contributed by atoms with Gasteiger partial charge in [0.25, 0.3) is 0 Å². The summed E-state index contributed by atoms with van der Waals surface area (Å²) >= 11 is 0. The van der Waals surface area contributed by atoms with Crippen LogP contribution >= 0.6 is 0 Å². The molecule has 1 aromatic carbocycles. The van der Waals surface area contributed by atoms with E-state index < -0.39 is 17.7 Å². The van der Waals surface area contributed by atoms with Crippen molar-refractivity contribution >= 4 is 0 Å². The van der Waals surface area contributed by atoms with E-state index in [0.29, 0.717) is 11.3 Å². The quantitative estimate of drug-likeness (QED) is 0.934. The minimum Gasteiger partial charge on any atom is -0.489 e. The van der Waals surface area contributed by atoms with Gasteiger partial charge in [-0.3, -0.25) is 4.98 Å². The molecule has 1 unspecified atom stereocenters. The maximum Gasteiger partial charge on any atom is 0.138 e. The molecule has 5 heteroatoms. The van der Waals surface area contributed by atoms with Crippen molar-refractivity contribution in [1.29, 1.82) is 0 Å². The first-order valence-corrected chi connectivity index (χ1v) is 6.21. The van der Waals surface area contributed by atoms with Crippen LogP contribution < -0.4 is 4.74 Å². The molecule has 0 aliphatic heterocycles. The molecule has 2 rings (SSSR count). The number of pyridine rings is 1. The molecule has 3 nitrogen and oxygen atoms in total. The zero-order chi connectivity index (χ0) is 14.7. The van der Waals surface area contributed by atoms with Crippen LogP contribution in [0, 0.1) is 11.6 Å². The summed E-state index contributed by atoms with van der Waals surface area (Å²) in [5.74, 6) is -0.975. The molecule has 1 aromatic heterocycles. The van der Waals surface area contributed by atoms with Crippen molar-refractivity contribution in [1.82, 2.24) is 4.98 Å². The number of hydrogen-bond donors (Lipinski definition) is 1. The highest BCUT2D eigenvalue weighted by atomic mass is 19.1. The minimum absolute atomic E-state index is 0.0317. The van der Waals surface area contributed by atoms with Gasteiger partial charge in [-0.05, 0) is 37.6 Å². The summed E-state index contributed by atoms with van der Waals surface area (Å²) in [7, 11) is 0. The van der Waals surface area contributed by atoms with Gasteiger partial charge in [0.1, 0.15) is 23.5 Å². The van der Waals surface area contributed by atoms with Crippen molar-refractivity contribution < 1.29 is 18.6 Å². The first-order valence-electron chi connectivity index (χ1n) is 6.21. The van der Waals surface area contributed by atoms with Crippen molar-refractivity contribution in [2.45, 2.75) is 26.1 Å². The van der Waals surface area contributed by atoms with E-state index in [9.17, 15) is 13.9 Å². The molecule has 0 aliphatic carbocycles. The fraction of sp³-hybridized carbons (Fsp3) is 0.267. The lowest BCUT2D eigenvalue weighted by Gasteiger charge is -2.14. The number of aromatic nitrogens is 1. The monoisotopic (exact) mass is 279 g/mol. The Balaban J connectivity index is 2.30. The van der Waals surface area contributed by atoms with Crippen LogP contribution in [-0.2, 0) is 0 Å². The zero-order valence-electron chi connectivity index (χ0n) is 11.2. The van der Waals surface area contributed by atoms with Gasteiger partial charge in [-0.1, -0.05) is 0 Å². The van der Waals surface area contributed by atoms with Crippen molar-refractivity contribution in [3.05, 3.63) is 59.4 Å². The number of benzene rings is 1. The van der Waals surface area contributed by atoms with Crippen LogP contribution in [0.3, 0.4) is 0 Å². The van der Waals surface area contributed by atoms with Crippen LogP contribution in [0.4, 0.5) is 8.78 Å². The lowest BCUT2D eigenvalue weighted by molar-refractivity contribution is 0.214. The lowest BCUT2D eigenvalue weighted by atomic mass is 10.0. The lowest BCUT2D eigenvalue weighted by Crippen LogP contribution is -2.07. The molecule has 0 bridgehead atoms. The molecular formula is C15H15F2NO2. The predicted molar refractivity (Wildman–Crippen MR) is 70.4 cm³/mol. The van der Waals surface area contributed by atoms with Gasteiger partial charge in [0.2, 0.25) is 0 Å². The summed E-state index contributed by atoms with van der Waals surface area (Å²) in [5, 5.41) is 10.2. The van der Waals surface area contributed by atoms with Crippen LogP contribution in [0.1, 0.15) is 31.1 Å². The molecule has 0 spiro atoms. The van der Waals surface area contributed by atoms with Crippen LogP contribution in [0.5, 0.6) is 5.75 Å². The molecule has 0 aliphatic rings. The highest BCUT2D eigenvalue weighted by Gasteiger charge is 2.14. The Morgan fingerprint density at radius 1 is 1.00 bits per heavy atom. The van der Waals surface area contributed by atoms with Crippen molar-refractivity contribution in [2.75, 3.05) is 0 Å². The summed E-state index contributed by atoms with van der Waals surface area (Å²) in [6.07, 6.45) is 1.75.